The van der Waals surface area contributed by atoms with Gasteiger partial charge in [0.2, 0.25) is 5.82 Å². The Morgan fingerprint density at radius 3 is 2.96 bits per heavy atom. The van der Waals surface area contributed by atoms with E-state index in [0.717, 1.165) is 29.8 Å². The van der Waals surface area contributed by atoms with E-state index in [1.54, 1.807) is 17.2 Å². The molecule has 0 aromatic carbocycles. The molecule has 0 radical (unpaired) electrons. The zero-order valence-electron chi connectivity index (χ0n) is 12.9. The lowest BCUT2D eigenvalue weighted by atomic mass is 10.2. The van der Waals surface area contributed by atoms with E-state index in [-0.39, 0.29) is 11.9 Å². The van der Waals surface area contributed by atoms with Gasteiger partial charge in [-0.1, -0.05) is 6.07 Å². The first-order chi connectivity index (χ1) is 11.8. The van der Waals surface area contributed by atoms with Crippen LogP contribution in [0.15, 0.2) is 42.0 Å². The minimum Gasteiger partial charge on any atom is -0.333 e. The van der Waals surface area contributed by atoms with Gasteiger partial charge in [0, 0.05) is 24.5 Å². The van der Waals surface area contributed by atoms with Crippen molar-refractivity contribution in [2.75, 3.05) is 6.54 Å². The molecule has 3 aromatic heterocycles. The van der Waals surface area contributed by atoms with E-state index >= 15 is 0 Å². The lowest BCUT2D eigenvalue weighted by Gasteiger charge is -2.23. The predicted octanol–water partition coefficient (Wildman–Crippen LogP) is 2.10. The van der Waals surface area contributed by atoms with Crippen molar-refractivity contribution in [2.24, 2.45) is 0 Å². The van der Waals surface area contributed by atoms with E-state index in [2.05, 4.69) is 20.4 Å². The molecule has 0 unspecified atom stereocenters. The van der Waals surface area contributed by atoms with Gasteiger partial charge in [-0.05, 0) is 41.6 Å². The van der Waals surface area contributed by atoms with Gasteiger partial charge in [0.1, 0.15) is 0 Å². The quantitative estimate of drug-likeness (QED) is 0.727. The molecule has 0 saturated carbocycles. The first-order valence-corrected chi connectivity index (χ1v) is 8.72. The van der Waals surface area contributed by atoms with Gasteiger partial charge in [-0.15, -0.1) is 21.5 Å². The molecule has 1 atom stereocenters. The summed E-state index contributed by atoms with van der Waals surface area (Å²) in [5.74, 6) is 0.675. The van der Waals surface area contributed by atoms with Crippen molar-refractivity contribution in [2.45, 2.75) is 25.4 Å². The number of amides is 1. The van der Waals surface area contributed by atoms with E-state index in [1.807, 2.05) is 34.5 Å². The molecule has 1 aliphatic rings. The maximum atomic E-state index is 12.6. The highest BCUT2D eigenvalue weighted by molar-refractivity contribution is 7.12. The average molecular weight is 340 g/mol. The molecule has 122 valence electrons. The molecule has 1 amide bonds. The summed E-state index contributed by atoms with van der Waals surface area (Å²) < 4.78 is 0. The monoisotopic (exact) mass is 340 g/mol. The van der Waals surface area contributed by atoms with Crippen molar-refractivity contribution >= 4 is 17.2 Å². The van der Waals surface area contributed by atoms with Crippen LogP contribution in [0.25, 0.3) is 11.4 Å². The van der Waals surface area contributed by atoms with Gasteiger partial charge in [-0.2, -0.15) is 4.80 Å². The Kier molecular flexibility index (Phi) is 4.04. The summed E-state index contributed by atoms with van der Waals surface area (Å²) >= 11 is 1.48. The van der Waals surface area contributed by atoms with Crippen LogP contribution in [-0.2, 0) is 6.54 Å². The summed E-state index contributed by atoms with van der Waals surface area (Å²) in [6.07, 6.45) is 5.37. The molecular weight excluding hydrogens is 324 g/mol. The van der Waals surface area contributed by atoms with E-state index in [1.165, 1.54) is 11.3 Å². The second-order valence-corrected chi connectivity index (χ2v) is 6.62. The molecule has 4 rings (SSSR count). The van der Waals surface area contributed by atoms with Crippen molar-refractivity contribution in [1.82, 2.24) is 30.1 Å². The zero-order valence-corrected chi connectivity index (χ0v) is 13.8. The number of nitrogens with zero attached hydrogens (tertiary/aromatic N) is 6. The molecule has 1 saturated heterocycles. The van der Waals surface area contributed by atoms with Crippen LogP contribution in [0.3, 0.4) is 0 Å². The van der Waals surface area contributed by atoms with Crippen molar-refractivity contribution in [1.29, 1.82) is 0 Å². The number of likely N-dealkylation sites (tertiary alicyclic amines) is 1. The number of thiophene rings is 1. The Hall–Kier alpha value is -2.61. The van der Waals surface area contributed by atoms with Gasteiger partial charge >= 0.3 is 0 Å². The fourth-order valence-corrected chi connectivity index (χ4v) is 3.64. The van der Waals surface area contributed by atoms with Gasteiger partial charge in [-0.25, -0.2) is 0 Å². The summed E-state index contributed by atoms with van der Waals surface area (Å²) in [5.41, 5.74) is 0.884. The molecule has 1 aliphatic heterocycles. The molecule has 1 fully saturated rings. The van der Waals surface area contributed by atoms with Gasteiger partial charge in [-0.3, -0.25) is 9.78 Å². The summed E-state index contributed by atoms with van der Waals surface area (Å²) in [7, 11) is 0. The van der Waals surface area contributed by atoms with Crippen molar-refractivity contribution in [3.05, 3.63) is 46.9 Å². The van der Waals surface area contributed by atoms with E-state index < -0.39 is 0 Å². The number of hydrogen-bond donors (Lipinski definition) is 0. The van der Waals surface area contributed by atoms with Crippen LogP contribution >= 0.6 is 11.3 Å². The number of carbonyl (C=O) groups excluding carboxylic acids is 1. The SMILES string of the molecule is O=C(c1cccs1)N1CCC[C@@H]1Cn1nnc(-c2ccncc2)n1. The third-order valence-electron chi connectivity index (χ3n) is 4.14. The first-order valence-electron chi connectivity index (χ1n) is 7.84. The van der Waals surface area contributed by atoms with Gasteiger partial charge in [0.15, 0.2) is 0 Å². The van der Waals surface area contributed by atoms with Crippen molar-refractivity contribution in [3.63, 3.8) is 0 Å². The van der Waals surface area contributed by atoms with Gasteiger partial charge in [0.05, 0.1) is 17.5 Å². The average Bonchev–Trinajstić information content (AvgIpc) is 3.37. The van der Waals surface area contributed by atoms with Crippen LogP contribution in [0.5, 0.6) is 0 Å². The van der Waals surface area contributed by atoms with Crippen LogP contribution in [0.4, 0.5) is 0 Å². The van der Waals surface area contributed by atoms with Gasteiger partial charge < -0.3 is 4.90 Å². The summed E-state index contributed by atoms with van der Waals surface area (Å²) in [4.78, 5) is 20.9. The van der Waals surface area contributed by atoms with E-state index in [9.17, 15) is 4.79 Å². The van der Waals surface area contributed by atoms with E-state index in [0.29, 0.717) is 12.4 Å². The Morgan fingerprint density at radius 2 is 2.17 bits per heavy atom. The summed E-state index contributed by atoms with van der Waals surface area (Å²) in [6, 6.07) is 7.59. The number of hydrogen-bond acceptors (Lipinski definition) is 6. The molecule has 0 aliphatic carbocycles. The van der Waals surface area contributed by atoms with E-state index in [4.69, 9.17) is 0 Å². The number of pyridine rings is 1. The van der Waals surface area contributed by atoms with Crippen molar-refractivity contribution in [3.8, 4) is 11.4 Å². The lowest BCUT2D eigenvalue weighted by Crippen LogP contribution is -2.38. The Labute approximate surface area is 142 Å². The van der Waals surface area contributed by atoms with Crippen LogP contribution in [0.2, 0.25) is 0 Å². The zero-order chi connectivity index (χ0) is 16.4. The highest BCUT2D eigenvalue weighted by Crippen LogP contribution is 2.23. The van der Waals surface area contributed by atoms with Crippen molar-refractivity contribution < 1.29 is 4.79 Å². The largest absolute Gasteiger partial charge is 0.333 e. The second kappa shape index (κ2) is 6.48. The van der Waals surface area contributed by atoms with Crippen LogP contribution in [-0.4, -0.2) is 48.6 Å². The molecule has 24 heavy (non-hydrogen) atoms. The fourth-order valence-electron chi connectivity index (χ4n) is 2.96. The molecular formula is C16H16N6OS. The lowest BCUT2D eigenvalue weighted by molar-refractivity contribution is 0.0723. The maximum absolute atomic E-state index is 12.6. The normalized spacial score (nSPS) is 17.3. The second-order valence-electron chi connectivity index (χ2n) is 5.68. The summed E-state index contributed by atoms with van der Waals surface area (Å²) in [5, 5.41) is 14.6. The molecule has 4 heterocycles. The van der Waals surface area contributed by atoms with Crippen LogP contribution < -0.4 is 0 Å². The number of rotatable bonds is 4. The first kappa shape index (κ1) is 14.9. The fraction of sp³-hybridized carbons (Fsp3) is 0.312. The van der Waals surface area contributed by atoms with Gasteiger partial charge in [0.25, 0.3) is 5.91 Å². The summed E-state index contributed by atoms with van der Waals surface area (Å²) in [6.45, 7) is 1.35. The highest BCUT2D eigenvalue weighted by Gasteiger charge is 2.30. The van der Waals surface area contributed by atoms with Crippen LogP contribution in [0.1, 0.15) is 22.5 Å². The predicted molar refractivity (Wildman–Crippen MR) is 89.4 cm³/mol. The minimum absolute atomic E-state index is 0.0990. The third kappa shape index (κ3) is 2.92. The molecule has 8 heteroatoms. The number of aromatic nitrogens is 5. The molecule has 3 aromatic rings. The Bertz CT molecular complexity index is 816. The highest BCUT2D eigenvalue weighted by atomic mass is 32.1. The standard InChI is InChI=1S/C16H16N6OS/c23-16(14-4-2-10-24-14)21-9-1-3-13(21)11-22-19-15(18-20-22)12-5-7-17-8-6-12/h2,4-8,10,13H,1,3,9,11H2/t13-/m1/s1. The molecule has 0 N–H and O–H groups in total. The minimum atomic E-state index is 0.0990. The molecule has 7 nitrogen and oxygen atoms in total. The Morgan fingerprint density at radius 1 is 1.29 bits per heavy atom. The molecule has 0 spiro atoms. The topological polar surface area (TPSA) is 76.8 Å². The molecule has 0 bridgehead atoms. The smallest absolute Gasteiger partial charge is 0.264 e. The van der Waals surface area contributed by atoms with Crippen LogP contribution in [0, 0.1) is 0 Å². The number of tetrazole rings is 1. The maximum Gasteiger partial charge on any atom is 0.264 e. The Balaban J connectivity index is 1.49. The third-order valence-corrected chi connectivity index (χ3v) is 4.99. The number of carbonyl (C=O) groups is 1.